The quantitative estimate of drug-likeness (QED) is 0.888. The summed E-state index contributed by atoms with van der Waals surface area (Å²) in [5, 5.41) is 5.15. The fourth-order valence-corrected chi connectivity index (χ4v) is 2.94. The molecule has 1 N–H and O–H groups in total. The first-order valence-electron chi connectivity index (χ1n) is 6.17. The fraction of sp³-hybridized carbons (Fsp3) is 0.538. The highest BCUT2D eigenvalue weighted by Gasteiger charge is 2.34. The van der Waals surface area contributed by atoms with Crippen molar-refractivity contribution in [1.82, 2.24) is 5.32 Å². The lowest BCUT2D eigenvalue weighted by Crippen LogP contribution is -2.51. The summed E-state index contributed by atoms with van der Waals surface area (Å²) in [4.78, 5) is 2.35. The van der Waals surface area contributed by atoms with Crippen molar-refractivity contribution in [3.8, 4) is 0 Å². The summed E-state index contributed by atoms with van der Waals surface area (Å²) in [6, 6.07) is 6.32. The Morgan fingerprint density at radius 2 is 2.06 bits per heavy atom. The summed E-state index contributed by atoms with van der Waals surface area (Å²) in [5.41, 5.74) is 1.08. The van der Waals surface area contributed by atoms with Gasteiger partial charge < -0.3 is 10.2 Å². The molecule has 2 nitrogen and oxygen atoms in total. The number of hydrogen-bond acceptors (Lipinski definition) is 2. The van der Waals surface area contributed by atoms with E-state index in [1.807, 2.05) is 18.2 Å². The summed E-state index contributed by atoms with van der Waals surface area (Å²) < 4.78 is 0. The average molecular weight is 271 g/mol. The highest BCUT2D eigenvalue weighted by Crippen LogP contribution is 2.36. The molecule has 92 valence electrons. The Morgan fingerprint density at radius 3 is 2.82 bits per heavy atom. The first-order chi connectivity index (χ1) is 8.24. The van der Waals surface area contributed by atoms with Crippen LogP contribution in [-0.4, -0.2) is 25.7 Å². The van der Waals surface area contributed by atoms with E-state index in [0.29, 0.717) is 6.04 Å². The van der Waals surface area contributed by atoms with E-state index in [1.165, 1.54) is 12.8 Å². The van der Waals surface area contributed by atoms with Crippen molar-refractivity contribution in [1.29, 1.82) is 0 Å². The van der Waals surface area contributed by atoms with Crippen LogP contribution in [0.25, 0.3) is 0 Å². The SMILES string of the molecule is Clc1ccc(Cl)c(N2CCNC(C3CC3)C2)c1. The lowest BCUT2D eigenvalue weighted by atomic mass is 10.1. The number of anilines is 1. The van der Waals surface area contributed by atoms with Crippen molar-refractivity contribution in [2.45, 2.75) is 18.9 Å². The van der Waals surface area contributed by atoms with Crippen molar-refractivity contribution in [3.05, 3.63) is 28.2 Å². The van der Waals surface area contributed by atoms with Crippen molar-refractivity contribution >= 4 is 28.9 Å². The average Bonchev–Trinajstić information content (AvgIpc) is 3.17. The summed E-state index contributed by atoms with van der Waals surface area (Å²) >= 11 is 12.3. The van der Waals surface area contributed by atoms with Crippen LogP contribution in [0, 0.1) is 5.92 Å². The molecule has 2 aliphatic rings. The topological polar surface area (TPSA) is 15.3 Å². The van der Waals surface area contributed by atoms with Crippen LogP contribution < -0.4 is 10.2 Å². The lowest BCUT2D eigenvalue weighted by molar-refractivity contribution is 0.419. The highest BCUT2D eigenvalue weighted by molar-refractivity contribution is 6.35. The lowest BCUT2D eigenvalue weighted by Gasteiger charge is -2.36. The van der Waals surface area contributed by atoms with E-state index in [-0.39, 0.29) is 0 Å². The molecule has 1 saturated heterocycles. The normalized spacial score (nSPS) is 25.1. The molecule has 1 unspecified atom stereocenters. The Morgan fingerprint density at radius 1 is 1.24 bits per heavy atom. The number of piperazine rings is 1. The number of rotatable bonds is 2. The monoisotopic (exact) mass is 270 g/mol. The Balaban J connectivity index is 1.79. The van der Waals surface area contributed by atoms with Gasteiger partial charge in [0.15, 0.2) is 0 Å². The van der Waals surface area contributed by atoms with Crippen LogP contribution >= 0.6 is 23.2 Å². The third-order valence-corrected chi connectivity index (χ3v) is 4.20. The molecule has 0 aromatic heterocycles. The molecule has 4 heteroatoms. The maximum atomic E-state index is 6.25. The van der Waals surface area contributed by atoms with Gasteiger partial charge in [-0.2, -0.15) is 0 Å². The van der Waals surface area contributed by atoms with E-state index in [4.69, 9.17) is 23.2 Å². The van der Waals surface area contributed by atoms with Gasteiger partial charge in [0, 0.05) is 30.7 Å². The van der Waals surface area contributed by atoms with Gasteiger partial charge in [0.25, 0.3) is 0 Å². The molecule has 1 saturated carbocycles. The molecule has 0 spiro atoms. The van der Waals surface area contributed by atoms with Gasteiger partial charge in [-0.15, -0.1) is 0 Å². The molecule has 1 heterocycles. The Labute approximate surface area is 112 Å². The summed E-state index contributed by atoms with van der Waals surface area (Å²) in [7, 11) is 0. The van der Waals surface area contributed by atoms with Crippen LogP contribution in [0.2, 0.25) is 10.0 Å². The zero-order valence-electron chi connectivity index (χ0n) is 9.63. The predicted octanol–water partition coefficient (Wildman–Crippen LogP) is 3.18. The molecular formula is C13H16Cl2N2. The molecule has 2 fully saturated rings. The number of nitrogens with zero attached hydrogens (tertiary/aromatic N) is 1. The molecule has 3 rings (SSSR count). The minimum absolute atomic E-state index is 0.624. The van der Waals surface area contributed by atoms with E-state index in [9.17, 15) is 0 Å². The van der Waals surface area contributed by atoms with Crippen LogP contribution in [0.3, 0.4) is 0 Å². The fourth-order valence-electron chi connectivity index (χ4n) is 2.54. The second-order valence-electron chi connectivity index (χ2n) is 4.94. The summed E-state index contributed by atoms with van der Waals surface area (Å²) in [6.45, 7) is 3.08. The largest absolute Gasteiger partial charge is 0.367 e. The molecule has 0 radical (unpaired) electrons. The van der Waals surface area contributed by atoms with Gasteiger partial charge in [0.05, 0.1) is 10.7 Å². The minimum atomic E-state index is 0.624. The maximum Gasteiger partial charge on any atom is 0.0640 e. The van der Waals surface area contributed by atoms with Gasteiger partial charge in [-0.1, -0.05) is 23.2 Å². The molecule has 1 aliphatic heterocycles. The predicted molar refractivity (Wildman–Crippen MR) is 73.2 cm³/mol. The molecular weight excluding hydrogens is 255 g/mol. The molecule has 17 heavy (non-hydrogen) atoms. The third kappa shape index (κ3) is 2.54. The third-order valence-electron chi connectivity index (χ3n) is 3.65. The maximum absolute atomic E-state index is 6.25. The van der Waals surface area contributed by atoms with Gasteiger partial charge >= 0.3 is 0 Å². The van der Waals surface area contributed by atoms with Crippen molar-refractivity contribution < 1.29 is 0 Å². The number of hydrogen-bond donors (Lipinski definition) is 1. The van der Waals surface area contributed by atoms with Crippen LogP contribution in [0.4, 0.5) is 5.69 Å². The Kier molecular flexibility index (Phi) is 3.20. The van der Waals surface area contributed by atoms with Gasteiger partial charge in [-0.25, -0.2) is 0 Å². The number of halogens is 2. The summed E-state index contributed by atoms with van der Waals surface area (Å²) in [6.07, 6.45) is 2.74. The Hall–Kier alpha value is -0.440. The standard InChI is InChI=1S/C13H16Cl2N2/c14-10-3-4-11(15)13(7-10)17-6-5-16-12(8-17)9-1-2-9/h3-4,7,9,12,16H,1-2,5-6,8H2. The van der Waals surface area contributed by atoms with E-state index in [0.717, 1.165) is 41.3 Å². The highest BCUT2D eigenvalue weighted by atomic mass is 35.5. The molecule has 0 bridgehead atoms. The van der Waals surface area contributed by atoms with Gasteiger partial charge in [-0.3, -0.25) is 0 Å². The van der Waals surface area contributed by atoms with Gasteiger partial charge in [0.1, 0.15) is 0 Å². The van der Waals surface area contributed by atoms with Crippen LogP contribution in [0.15, 0.2) is 18.2 Å². The molecule has 1 aromatic rings. The van der Waals surface area contributed by atoms with E-state index >= 15 is 0 Å². The Bertz CT molecular complexity index is 418. The first kappa shape index (κ1) is 11.6. The molecule has 0 amide bonds. The van der Waals surface area contributed by atoms with Crippen LogP contribution in [-0.2, 0) is 0 Å². The van der Waals surface area contributed by atoms with E-state index < -0.39 is 0 Å². The smallest absolute Gasteiger partial charge is 0.0640 e. The van der Waals surface area contributed by atoms with Crippen molar-refractivity contribution in [2.24, 2.45) is 5.92 Å². The zero-order chi connectivity index (χ0) is 11.8. The molecule has 1 aliphatic carbocycles. The zero-order valence-corrected chi connectivity index (χ0v) is 11.1. The summed E-state index contributed by atoms with van der Waals surface area (Å²) in [5.74, 6) is 0.871. The van der Waals surface area contributed by atoms with Crippen molar-refractivity contribution in [3.63, 3.8) is 0 Å². The second kappa shape index (κ2) is 4.68. The van der Waals surface area contributed by atoms with Crippen LogP contribution in [0.1, 0.15) is 12.8 Å². The number of nitrogens with one attached hydrogen (secondary N) is 1. The molecule has 1 aromatic carbocycles. The van der Waals surface area contributed by atoms with Crippen LogP contribution in [0.5, 0.6) is 0 Å². The van der Waals surface area contributed by atoms with Crippen molar-refractivity contribution in [2.75, 3.05) is 24.5 Å². The van der Waals surface area contributed by atoms with E-state index in [1.54, 1.807) is 0 Å². The van der Waals surface area contributed by atoms with Gasteiger partial charge in [-0.05, 0) is 37.0 Å². The number of benzene rings is 1. The second-order valence-corrected chi connectivity index (χ2v) is 5.78. The minimum Gasteiger partial charge on any atom is -0.367 e. The first-order valence-corrected chi connectivity index (χ1v) is 6.93. The van der Waals surface area contributed by atoms with Gasteiger partial charge in [0.2, 0.25) is 0 Å². The molecule has 1 atom stereocenters. The van der Waals surface area contributed by atoms with E-state index in [2.05, 4.69) is 10.2 Å².